The Morgan fingerprint density at radius 3 is 2.44 bits per heavy atom. The number of nitrogens with one attached hydrogen (secondary N) is 1. The third-order valence-electron chi connectivity index (χ3n) is 6.99. The van der Waals surface area contributed by atoms with Crippen molar-refractivity contribution in [3.05, 3.63) is 87.9 Å². The Morgan fingerprint density at radius 2 is 1.88 bits per heavy atom. The van der Waals surface area contributed by atoms with E-state index >= 15 is 0 Å². The van der Waals surface area contributed by atoms with Crippen LogP contribution >= 0.6 is 0 Å². The molecule has 0 spiro atoms. The summed E-state index contributed by atoms with van der Waals surface area (Å²) in [5.74, 6) is 1.13. The van der Waals surface area contributed by atoms with Crippen molar-refractivity contribution >= 4 is 23.5 Å². The number of rotatable bonds is 10. The minimum absolute atomic E-state index is 0.0293. The third-order valence-corrected chi connectivity index (χ3v) is 6.99. The van der Waals surface area contributed by atoms with Gasteiger partial charge in [0.25, 0.3) is 11.5 Å². The monoisotopic (exact) mass is 561 g/mol. The van der Waals surface area contributed by atoms with E-state index in [0.29, 0.717) is 17.2 Å². The first-order chi connectivity index (χ1) is 19.7. The molecule has 1 amide bonds. The molecule has 0 aliphatic carbocycles. The Balaban J connectivity index is 0.00000287. The summed E-state index contributed by atoms with van der Waals surface area (Å²) in [4.78, 5) is 33.2. The molecule has 0 radical (unpaired) electrons. The highest BCUT2D eigenvalue weighted by molar-refractivity contribution is 5.94. The highest BCUT2D eigenvalue weighted by Crippen LogP contribution is 2.35. The molecule has 0 unspecified atom stereocenters. The van der Waals surface area contributed by atoms with Crippen LogP contribution in [-0.4, -0.2) is 81.4 Å². The molecule has 0 atom stereocenters. The molecule has 1 aliphatic rings. The smallest absolute Gasteiger partial charge is 0.257 e. The summed E-state index contributed by atoms with van der Waals surface area (Å²) in [5.41, 5.74) is 5.03. The van der Waals surface area contributed by atoms with Gasteiger partial charge in [-0.2, -0.15) is 0 Å². The molecular weight excluding hydrogens is 514 g/mol. The second-order valence-corrected chi connectivity index (χ2v) is 10.1. The number of amides is 1. The molecule has 8 nitrogen and oxygen atoms in total. The van der Waals surface area contributed by atoms with Crippen LogP contribution in [0, 0.1) is 0 Å². The molecule has 1 aliphatic heterocycles. The molecule has 1 saturated heterocycles. The third kappa shape index (κ3) is 9.05. The second-order valence-electron chi connectivity index (χ2n) is 10.1. The van der Waals surface area contributed by atoms with Gasteiger partial charge in [0, 0.05) is 64.5 Å². The molecule has 1 fully saturated rings. The molecule has 0 bridgehead atoms. The minimum Gasteiger partial charge on any atom is -0.496 e. The number of allylic oxidation sites excluding steroid dienone is 4. The number of pyridine rings is 1. The van der Waals surface area contributed by atoms with E-state index in [1.807, 2.05) is 50.3 Å². The SMILES string of the molecule is C=C(/C=C(\C)CN1CCC(c2ccc(C(=O)N(C)C)cc2OC)CC1)/C(=C\C=NC)n1ccc(NC)cc1=O.CC. The van der Waals surface area contributed by atoms with Gasteiger partial charge in [0.1, 0.15) is 5.75 Å². The molecular formula is C33H47N5O3. The first-order valence-electron chi connectivity index (χ1n) is 14.2. The Bertz CT molecular complexity index is 1330. The van der Waals surface area contributed by atoms with Crippen LogP contribution in [0.1, 0.15) is 55.5 Å². The Labute approximate surface area is 245 Å². The number of carbonyl (C=O) groups excluding carboxylic acids is 1. The Morgan fingerprint density at radius 1 is 1.20 bits per heavy atom. The number of methoxy groups -OCH3 is 1. The lowest BCUT2D eigenvalue weighted by atomic mass is 9.88. The lowest BCUT2D eigenvalue weighted by molar-refractivity contribution is 0.0827. The van der Waals surface area contributed by atoms with Gasteiger partial charge in [-0.3, -0.25) is 24.0 Å². The normalized spacial score (nSPS) is 14.8. The fourth-order valence-electron chi connectivity index (χ4n) is 4.93. The predicted molar refractivity (Wildman–Crippen MR) is 173 cm³/mol. The lowest BCUT2D eigenvalue weighted by Crippen LogP contribution is -2.34. The highest BCUT2D eigenvalue weighted by atomic mass is 16.5. The van der Waals surface area contributed by atoms with Crippen LogP contribution in [0.15, 0.2) is 76.2 Å². The summed E-state index contributed by atoms with van der Waals surface area (Å²) in [6, 6.07) is 9.22. The molecule has 1 aromatic heterocycles. The molecule has 3 rings (SSSR count). The zero-order valence-corrected chi connectivity index (χ0v) is 26.0. The quantitative estimate of drug-likeness (QED) is 0.304. The number of hydrogen-bond donors (Lipinski definition) is 1. The van der Waals surface area contributed by atoms with E-state index in [0.717, 1.165) is 55.0 Å². The summed E-state index contributed by atoms with van der Waals surface area (Å²) in [7, 11) is 8.65. The summed E-state index contributed by atoms with van der Waals surface area (Å²) in [6.45, 7) is 13.1. The molecule has 0 saturated carbocycles. The van der Waals surface area contributed by atoms with Gasteiger partial charge in [-0.1, -0.05) is 38.1 Å². The molecule has 8 heteroatoms. The standard InChI is InChI=1S/C31H41N5O3.C2H6/c1-22(18-23(2)28(10-14-32-3)36-17-13-26(33-4)20-30(36)37)21-35-15-11-24(12-16-35)27-9-8-25(19-29(27)39-7)31(38)34(5)6;1-2/h8-10,13-14,17-20,24,33H,2,11-12,15-16,21H2,1,3-7H3;1-2H3/b22-18+,28-10+,32-14?;. The van der Waals surface area contributed by atoms with Gasteiger partial charge < -0.3 is 15.0 Å². The predicted octanol–water partition coefficient (Wildman–Crippen LogP) is 5.55. The maximum absolute atomic E-state index is 12.7. The number of ether oxygens (including phenoxy) is 1. The van der Waals surface area contributed by atoms with Crippen LogP contribution in [0.25, 0.3) is 5.70 Å². The van der Waals surface area contributed by atoms with Crippen molar-refractivity contribution in [2.24, 2.45) is 4.99 Å². The van der Waals surface area contributed by atoms with E-state index in [-0.39, 0.29) is 11.5 Å². The van der Waals surface area contributed by atoms with Crippen LogP contribution in [-0.2, 0) is 0 Å². The maximum atomic E-state index is 12.7. The number of aromatic nitrogens is 1. The zero-order chi connectivity index (χ0) is 30.5. The zero-order valence-electron chi connectivity index (χ0n) is 26.0. The molecule has 1 N–H and O–H groups in total. The first kappa shape index (κ1) is 33.3. The van der Waals surface area contributed by atoms with E-state index < -0.39 is 0 Å². The topological polar surface area (TPSA) is 79.2 Å². The fraction of sp³-hybridized carbons (Fsp3) is 0.424. The van der Waals surface area contributed by atoms with Crippen LogP contribution in [0.4, 0.5) is 5.69 Å². The molecule has 2 aromatic rings. The number of anilines is 1. The number of nitrogens with zero attached hydrogens (tertiary/aromatic N) is 4. The van der Waals surface area contributed by atoms with Gasteiger partial charge in [-0.15, -0.1) is 0 Å². The average molecular weight is 562 g/mol. The second kappa shape index (κ2) is 16.4. The summed E-state index contributed by atoms with van der Waals surface area (Å²) < 4.78 is 7.26. The lowest BCUT2D eigenvalue weighted by Gasteiger charge is -2.33. The highest BCUT2D eigenvalue weighted by Gasteiger charge is 2.24. The van der Waals surface area contributed by atoms with Gasteiger partial charge in [0.2, 0.25) is 0 Å². The van der Waals surface area contributed by atoms with Crippen molar-refractivity contribution in [2.45, 2.75) is 39.5 Å². The van der Waals surface area contributed by atoms with Crippen molar-refractivity contribution in [3.63, 3.8) is 0 Å². The summed E-state index contributed by atoms with van der Waals surface area (Å²) in [5, 5.41) is 2.99. The van der Waals surface area contributed by atoms with Gasteiger partial charge >= 0.3 is 0 Å². The number of carbonyl (C=O) groups is 1. The van der Waals surface area contributed by atoms with E-state index in [9.17, 15) is 9.59 Å². The number of piperidine rings is 1. The fourth-order valence-corrected chi connectivity index (χ4v) is 4.93. The Hall–Kier alpha value is -3.91. The van der Waals surface area contributed by atoms with Crippen molar-refractivity contribution in [2.75, 3.05) is 60.3 Å². The van der Waals surface area contributed by atoms with Crippen LogP contribution in [0.2, 0.25) is 0 Å². The Kier molecular flexibility index (Phi) is 13.3. The molecule has 41 heavy (non-hydrogen) atoms. The van der Waals surface area contributed by atoms with Crippen LogP contribution < -0.4 is 15.6 Å². The van der Waals surface area contributed by atoms with Crippen molar-refractivity contribution in [1.82, 2.24) is 14.4 Å². The van der Waals surface area contributed by atoms with Crippen LogP contribution in [0.5, 0.6) is 5.75 Å². The minimum atomic E-state index is -0.138. The van der Waals surface area contributed by atoms with Gasteiger partial charge in [0.05, 0.1) is 12.8 Å². The van der Waals surface area contributed by atoms with E-state index in [1.54, 1.807) is 63.2 Å². The van der Waals surface area contributed by atoms with Gasteiger partial charge in [-0.05, 0) is 74.2 Å². The van der Waals surface area contributed by atoms with Crippen molar-refractivity contribution < 1.29 is 9.53 Å². The number of likely N-dealkylation sites (tertiary alicyclic amines) is 1. The van der Waals surface area contributed by atoms with E-state index in [1.165, 1.54) is 5.57 Å². The van der Waals surface area contributed by atoms with Crippen LogP contribution in [0.3, 0.4) is 0 Å². The van der Waals surface area contributed by atoms with Crippen molar-refractivity contribution in [1.29, 1.82) is 0 Å². The number of aliphatic imine (C=N–C) groups is 1. The molecule has 222 valence electrons. The van der Waals surface area contributed by atoms with Gasteiger partial charge in [0.15, 0.2) is 0 Å². The van der Waals surface area contributed by atoms with E-state index in [4.69, 9.17) is 4.74 Å². The average Bonchev–Trinajstić information content (AvgIpc) is 2.98. The molecule has 1 aromatic carbocycles. The summed E-state index contributed by atoms with van der Waals surface area (Å²) >= 11 is 0. The number of benzene rings is 1. The maximum Gasteiger partial charge on any atom is 0.257 e. The largest absolute Gasteiger partial charge is 0.496 e. The van der Waals surface area contributed by atoms with Gasteiger partial charge in [-0.25, -0.2) is 0 Å². The molecule has 2 heterocycles. The van der Waals surface area contributed by atoms with E-state index in [2.05, 4.69) is 28.7 Å². The first-order valence-corrected chi connectivity index (χ1v) is 14.2. The number of hydrogen-bond acceptors (Lipinski definition) is 6. The summed E-state index contributed by atoms with van der Waals surface area (Å²) in [6.07, 6.45) is 9.30. The van der Waals surface area contributed by atoms with Crippen molar-refractivity contribution in [3.8, 4) is 5.75 Å².